The molecule has 0 aromatic carbocycles. The Morgan fingerprint density at radius 2 is 1.87 bits per heavy atom. The molecule has 3 saturated heterocycles. The Bertz CT molecular complexity index is 346. The van der Waals surface area contributed by atoms with Crippen LogP contribution in [0.3, 0.4) is 0 Å². The molecule has 2 bridgehead atoms. The summed E-state index contributed by atoms with van der Waals surface area (Å²) in [5, 5.41) is 0. The lowest BCUT2D eigenvalue weighted by Crippen LogP contribution is -2.51. The number of nitrogens with zero attached hydrogens (tertiary/aromatic N) is 1. The summed E-state index contributed by atoms with van der Waals surface area (Å²) in [6.07, 6.45) is 1.38. The standard InChI is InChI=1S/C10H10FNO3/c11-9-2-1-8(3-12-9)10-13-4-7(5-14-10)6-15-10/h1-3,7H,4-6H2. The minimum absolute atomic E-state index is 0.306. The first kappa shape index (κ1) is 9.21. The summed E-state index contributed by atoms with van der Waals surface area (Å²) < 4.78 is 29.1. The molecule has 0 radical (unpaired) electrons. The van der Waals surface area contributed by atoms with Crippen LogP contribution < -0.4 is 0 Å². The van der Waals surface area contributed by atoms with Crippen molar-refractivity contribution in [2.45, 2.75) is 5.97 Å². The van der Waals surface area contributed by atoms with Crippen molar-refractivity contribution in [2.24, 2.45) is 5.92 Å². The molecule has 0 spiro atoms. The molecule has 1 aromatic heterocycles. The Kier molecular flexibility index (Phi) is 1.98. The lowest BCUT2D eigenvalue weighted by molar-refractivity contribution is -0.460. The van der Waals surface area contributed by atoms with Gasteiger partial charge in [0.25, 0.3) is 0 Å². The normalized spacial score (nSPS) is 34.3. The Balaban J connectivity index is 1.94. The highest BCUT2D eigenvalue weighted by Crippen LogP contribution is 2.38. The van der Waals surface area contributed by atoms with Crippen LogP contribution in [0, 0.1) is 11.9 Å². The Hall–Kier alpha value is -1.04. The van der Waals surface area contributed by atoms with Crippen molar-refractivity contribution < 1.29 is 18.6 Å². The van der Waals surface area contributed by atoms with E-state index in [0.29, 0.717) is 31.3 Å². The zero-order chi connectivity index (χ0) is 10.3. The third-order valence-electron chi connectivity index (χ3n) is 2.61. The zero-order valence-electron chi connectivity index (χ0n) is 7.98. The van der Waals surface area contributed by atoms with E-state index >= 15 is 0 Å². The molecule has 0 atom stereocenters. The van der Waals surface area contributed by atoms with Crippen molar-refractivity contribution in [3.05, 3.63) is 29.8 Å². The molecule has 0 aliphatic carbocycles. The van der Waals surface area contributed by atoms with Gasteiger partial charge in [-0.05, 0) is 12.1 Å². The molecule has 3 fully saturated rings. The first-order chi connectivity index (χ1) is 7.28. The summed E-state index contributed by atoms with van der Waals surface area (Å²) in [6, 6.07) is 2.83. The predicted molar refractivity (Wildman–Crippen MR) is 47.2 cm³/mol. The second-order valence-electron chi connectivity index (χ2n) is 3.72. The summed E-state index contributed by atoms with van der Waals surface area (Å²) in [4.78, 5) is 3.56. The van der Waals surface area contributed by atoms with E-state index in [1.807, 2.05) is 0 Å². The molecule has 4 rings (SSSR count). The van der Waals surface area contributed by atoms with Gasteiger partial charge in [0, 0.05) is 12.1 Å². The Morgan fingerprint density at radius 1 is 1.20 bits per heavy atom. The van der Waals surface area contributed by atoms with E-state index in [2.05, 4.69) is 4.98 Å². The van der Waals surface area contributed by atoms with Crippen molar-refractivity contribution in [1.82, 2.24) is 4.98 Å². The van der Waals surface area contributed by atoms with Crippen LogP contribution in [0.5, 0.6) is 0 Å². The molecule has 3 aliphatic rings. The van der Waals surface area contributed by atoms with Crippen LogP contribution in [0.25, 0.3) is 0 Å². The number of fused-ring (bicyclic) bond motifs is 3. The molecule has 80 valence electrons. The topological polar surface area (TPSA) is 40.6 Å². The van der Waals surface area contributed by atoms with E-state index in [9.17, 15) is 4.39 Å². The molecule has 0 amide bonds. The predicted octanol–water partition coefficient (Wildman–Crippen LogP) is 1.02. The number of hydrogen-bond donors (Lipinski definition) is 0. The number of halogens is 1. The zero-order valence-corrected chi connectivity index (χ0v) is 7.98. The highest BCUT2D eigenvalue weighted by atomic mass is 19.1. The fraction of sp³-hybridized carbons (Fsp3) is 0.500. The maximum Gasteiger partial charge on any atom is 0.313 e. The summed E-state index contributed by atoms with van der Waals surface area (Å²) in [7, 11) is 0. The minimum Gasteiger partial charge on any atom is -0.323 e. The van der Waals surface area contributed by atoms with Gasteiger partial charge in [-0.2, -0.15) is 4.39 Å². The summed E-state index contributed by atoms with van der Waals surface area (Å²) >= 11 is 0. The third-order valence-corrected chi connectivity index (χ3v) is 2.61. The Morgan fingerprint density at radius 3 is 2.40 bits per heavy atom. The van der Waals surface area contributed by atoms with Gasteiger partial charge >= 0.3 is 5.97 Å². The van der Waals surface area contributed by atoms with Crippen molar-refractivity contribution in [3.63, 3.8) is 0 Å². The number of aromatic nitrogens is 1. The van der Waals surface area contributed by atoms with Crippen LogP contribution in [-0.4, -0.2) is 24.8 Å². The number of rotatable bonds is 1. The van der Waals surface area contributed by atoms with E-state index in [1.165, 1.54) is 12.3 Å². The molecule has 3 aliphatic heterocycles. The SMILES string of the molecule is Fc1ccc(C23OCC(CO2)CO3)cn1. The van der Waals surface area contributed by atoms with E-state index < -0.39 is 11.9 Å². The number of ether oxygens (including phenoxy) is 3. The van der Waals surface area contributed by atoms with Gasteiger partial charge in [-0.25, -0.2) is 4.98 Å². The van der Waals surface area contributed by atoms with Crippen molar-refractivity contribution >= 4 is 0 Å². The minimum atomic E-state index is -1.16. The van der Waals surface area contributed by atoms with Gasteiger partial charge in [-0.15, -0.1) is 0 Å². The average molecular weight is 211 g/mol. The number of hydrogen-bond acceptors (Lipinski definition) is 4. The van der Waals surface area contributed by atoms with Crippen LogP contribution in [0.4, 0.5) is 4.39 Å². The van der Waals surface area contributed by atoms with E-state index in [4.69, 9.17) is 14.2 Å². The molecule has 0 unspecified atom stereocenters. The van der Waals surface area contributed by atoms with Crippen molar-refractivity contribution in [3.8, 4) is 0 Å². The first-order valence-corrected chi connectivity index (χ1v) is 4.82. The van der Waals surface area contributed by atoms with E-state index in [1.54, 1.807) is 6.07 Å². The highest BCUT2D eigenvalue weighted by Gasteiger charge is 2.46. The maximum atomic E-state index is 12.7. The van der Waals surface area contributed by atoms with Gasteiger partial charge in [-0.1, -0.05) is 0 Å². The first-order valence-electron chi connectivity index (χ1n) is 4.82. The third kappa shape index (κ3) is 1.43. The number of pyridine rings is 1. The van der Waals surface area contributed by atoms with Crippen molar-refractivity contribution in [1.29, 1.82) is 0 Å². The van der Waals surface area contributed by atoms with Crippen molar-refractivity contribution in [2.75, 3.05) is 19.8 Å². The van der Waals surface area contributed by atoms with Gasteiger partial charge in [0.15, 0.2) is 0 Å². The Labute approximate surface area is 86.0 Å². The molecule has 4 nitrogen and oxygen atoms in total. The largest absolute Gasteiger partial charge is 0.323 e. The van der Waals surface area contributed by atoms with E-state index in [0.717, 1.165) is 0 Å². The summed E-state index contributed by atoms with van der Waals surface area (Å²) in [5.41, 5.74) is 0.599. The highest BCUT2D eigenvalue weighted by molar-refractivity contribution is 5.14. The quantitative estimate of drug-likeness (QED) is 0.650. The second kappa shape index (κ2) is 3.23. The van der Waals surface area contributed by atoms with Gasteiger partial charge < -0.3 is 14.2 Å². The van der Waals surface area contributed by atoms with Crippen LogP contribution in [0.15, 0.2) is 18.3 Å². The molecular formula is C10H10FNO3. The van der Waals surface area contributed by atoms with Crippen LogP contribution in [0.2, 0.25) is 0 Å². The molecule has 4 heterocycles. The lowest BCUT2D eigenvalue weighted by atomic mass is 10.1. The summed E-state index contributed by atoms with van der Waals surface area (Å²) in [5.74, 6) is -1.38. The van der Waals surface area contributed by atoms with E-state index in [-0.39, 0.29) is 0 Å². The average Bonchev–Trinajstić information content (AvgIpc) is 2.32. The van der Waals surface area contributed by atoms with Gasteiger partial charge in [0.1, 0.15) is 0 Å². The maximum absolute atomic E-state index is 12.7. The lowest BCUT2D eigenvalue weighted by Gasteiger charge is -2.44. The van der Waals surface area contributed by atoms with Crippen LogP contribution >= 0.6 is 0 Å². The molecular weight excluding hydrogens is 201 g/mol. The van der Waals surface area contributed by atoms with Gasteiger partial charge in [0.2, 0.25) is 5.95 Å². The van der Waals surface area contributed by atoms with Crippen LogP contribution in [0.1, 0.15) is 5.56 Å². The smallest absolute Gasteiger partial charge is 0.313 e. The van der Waals surface area contributed by atoms with Gasteiger partial charge in [-0.3, -0.25) is 0 Å². The monoisotopic (exact) mass is 211 g/mol. The molecule has 1 aromatic rings. The molecule has 0 saturated carbocycles. The summed E-state index contributed by atoms with van der Waals surface area (Å²) in [6.45, 7) is 1.83. The fourth-order valence-corrected chi connectivity index (χ4v) is 1.76. The molecule has 0 N–H and O–H groups in total. The van der Waals surface area contributed by atoms with Crippen LogP contribution in [-0.2, 0) is 20.2 Å². The van der Waals surface area contributed by atoms with Gasteiger partial charge in [0.05, 0.1) is 25.4 Å². The molecule has 5 heteroatoms. The molecule has 15 heavy (non-hydrogen) atoms. The fourth-order valence-electron chi connectivity index (χ4n) is 1.76. The second-order valence-corrected chi connectivity index (χ2v) is 3.72.